The number of rotatable bonds is 5. The lowest BCUT2D eigenvalue weighted by atomic mass is 9.73. The third-order valence-electron chi connectivity index (χ3n) is 5.96. The van der Waals surface area contributed by atoms with Gasteiger partial charge in [-0.2, -0.15) is 5.06 Å². The first kappa shape index (κ1) is 20.3. The molecule has 3 rings (SSSR count). The fraction of sp³-hybridized carbons (Fsp3) is 0.667. The van der Waals surface area contributed by atoms with E-state index in [2.05, 4.69) is 13.8 Å². The van der Waals surface area contributed by atoms with Gasteiger partial charge in [-0.15, -0.1) is 0 Å². The Hall–Kier alpha value is -1.47. The molecule has 2 aliphatic heterocycles. The third-order valence-corrected chi connectivity index (χ3v) is 5.96. The predicted molar refractivity (Wildman–Crippen MR) is 101 cm³/mol. The zero-order chi connectivity index (χ0) is 19.7. The number of esters is 1. The topological polar surface area (TPSA) is 68.2 Å². The minimum absolute atomic E-state index is 0.157. The molecule has 27 heavy (non-hydrogen) atoms. The minimum atomic E-state index is -0.751. The molecule has 150 valence electrons. The normalized spacial score (nSPS) is 29.7. The number of carbonyl (C=O) groups excluding carboxylic acids is 1. The van der Waals surface area contributed by atoms with E-state index in [0.717, 1.165) is 12.8 Å². The summed E-state index contributed by atoms with van der Waals surface area (Å²) in [5, 5.41) is 12.3. The SMILES string of the molecule is CCC1(CC)CC2(CC(C)(C)N1O)OCC(COC(=O)c1ccccc1)O2. The highest BCUT2D eigenvalue weighted by molar-refractivity contribution is 5.89. The summed E-state index contributed by atoms with van der Waals surface area (Å²) < 4.78 is 17.8. The first-order valence-corrected chi connectivity index (χ1v) is 9.79. The Balaban J connectivity index is 1.66. The van der Waals surface area contributed by atoms with Crippen LogP contribution in [0.4, 0.5) is 0 Å². The standard InChI is InChI=1S/C21H31NO5/c1-5-20(6-2)15-21(14-19(3,4)22(20)24)26-13-17(27-21)12-25-18(23)16-10-8-7-9-11-16/h7-11,17,24H,5-6,12-15H2,1-4H3. The number of hydrogen-bond acceptors (Lipinski definition) is 6. The number of benzene rings is 1. The summed E-state index contributed by atoms with van der Waals surface area (Å²) in [6.07, 6.45) is 2.44. The smallest absolute Gasteiger partial charge is 0.338 e. The predicted octanol–water partition coefficient (Wildman–Crippen LogP) is 3.78. The number of ether oxygens (including phenoxy) is 3. The number of hydroxylamine groups is 2. The van der Waals surface area contributed by atoms with Crippen LogP contribution in [0.2, 0.25) is 0 Å². The van der Waals surface area contributed by atoms with Gasteiger partial charge < -0.3 is 19.4 Å². The molecule has 0 aromatic heterocycles. The highest BCUT2D eigenvalue weighted by atomic mass is 16.8. The molecule has 0 bridgehead atoms. The molecule has 2 fully saturated rings. The zero-order valence-corrected chi connectivity index (χ0v) is 16.7. The van der Waals surface area contributed by atoms with Gasteiger partial charge in [0.25, 0.3) is 0 Å². The van der Waals surface area contributed by atoms with Gasteiger partial charge in [0, 0.05) is 18.4 Å². The van der Waals surface area contributed by atoms with Gasteiger partial charge in [-0.05, 0) is 38.8 Å². The van der Waals surface area contributed by atoms with Crippen LogP contribution in [0.5, 0.6) is 0 Å². The average molecular weight is 377 g/mol. The molecule has 2 heterocycles. The average Bonchev–Trinajstić information content (AvgIpc) is 3.05. The van der Waals surface area contributed by atoms with Gasteiger partial charge >= 0.3 is 5.97 Å². The maximum Gasteiger partial charge on any atom is 0.338 e. The first-order valence-electron chi connectivity index (χ1n) is 9.79. The molecule has 0 amide bonds. The highest BCUT2D eigenvalue weighted by Gasteiger charge is 2.58. The van der Waals surface area contributed by atoms with E-state index in [9.17, 15) is 10.0 Å². The number of nitrogens with zero attached hydrogens (tertiary/aromatic N) is 1. The molecule has 0 saturated carbocycles. The van der Waals surface area contributed by atoms with E-state index in [1.807, 2.05) is 19.9 Å². The van der Waals surface area contributed by atoms with Gasteiger partial charge in [-0.1, -0.05) is 32.0 Å². The van der Waals surface area contributed by atoms with Gasteiger partial charge in [0.05, 0.1) is 17.7 Å². The summed E-state index contributed by atoms with van der Waals surface area (Å²) in [6, 6.07) is 8.93. The van der Waals surface area contributed by atoms with Crippen molar-refractivity contribution < 1.29 is 24.2 Å². The van der Waals surface area contributed by atoms with Crippen molar-refractivity contribution >= 4 is 5.97 Å². The van der Waals surface area contributed by atoms with Gasteiger partial charge in [0.15, 0.2) is 5.79 Å². The number of hydrogen-bond donors (Lipinski definition) is 1. The Labute approximate surface area is 161 Å². The van der Waals surface area contributed by atoms with Crippen LogP contribution in [-0.4, -0.2) is 52.4 Å². The van der Waals surface area contributed by atoms with Crippen molar-refractivity contribution in [3.63, 3.8) is 0 Å². The van der Waals surface area contributed by atoms with Crippen molar-refractivity contribution in [1.82, 2.24) is 5.06 Å². The molecule has 1 aromatic rings. The van der Waals surface area contributed by atoms with Crippen molar-refractivity contribution in [3.05, 3.63) is 35.9 Å². The fourth-order valence-electron chi connectivity index (χ4n) is 4.52. The summed E-state index contributed by atoms with van der Waals surface area (Å²) in [5.41, 5.74) is -0.339. The summed E-state index contributed by atoms with van der Waals surface area (Å²) in [7, 11) is 0. The maximum absolute atomic E-state index is 12.2. The second-order valence-corrected chi connectivity index (χ2v) is 8.34. The molecular weight excluding hydrogens is 346 g/mol. The molecule has 0 radical (unpaired) electrons. The van der Waals surface area contributed by atoms with Crippen LogP contribution in [0.15, 0.2) is 30.3 Å². The molecular formula is C21H31NO5. The summed E-state index contributed by atoms with van der Waals surface area (Å²) in [6.45, 7) is 8.70. The molecule has 2 saturated heterocycles. The minimum Gasteiger partial charge on any atom is -0.459 e. The van der Waals surface area contributed by atoms with Crippen LogP contribution >= 0.6 is 0 Å². The van der Waals surface area contributed by atoms with Crippen LogP contribution in [0.1, 0.15) is 63.7 Å². The van der Waals surface area contributed by atoms with E-state index in [-0.39, 0.29) is 18.7 Å². The van der Waals surface area contributed by atoms with E-state index in [1.54, 1.807) is 24.3 Å². The lowest BCUT2D eigenvalue weighted by Gasteiger charge is -2.56. The first-order chi connectivity index (χ1) is 12.8. The van der Waals surface area contributed by atoms with Crippen molar-refractivity contribution in [2.75, 3.05) is 13.2 Å². The molecule has 2 atom stereocenters. The molecule has 0 aliphatic carbocycles. The molecule has 1 spiro atoms. The molecule has 6 heteroatoms. The Kier molecular flexibility index (Phi) is 5.64. The third kappa shape index (κ3) is 3.90. The number of carbonyl (C=O) groups is 1. The molecule has 6 nitrogen and oxygen atoms in total. The van der Waals surface area contributed by atoms with Gasteiger partial charge in [-0.25, -0.2) is 4.79 Å². The van der Waals surface area contributed by atoms with E-state index >= 15 is 0 Å². The Morgan fingerprint density at radius 2 is 1.89 bits per heavy atom. The number of piperidine rings is 1. The quantitative estimate of drug-likeness (QED) is 0.788. The Morgan fingerprint density at radius 3 is 2.52 bits per heavy atom. The largest absolute Gasteiger partial charge is 0.459 e. The van der Waals surface area contributed by atoms with Crippen molar-refractivity contribution in [2.24, 2.45) is 0 Å². The monoisotopic (exact) mass is 377 g/mol. The van der Waals surface area contributed by atoms with Gasteiger partial charge in [0.1, 0.15) is 12.7 Å². The molecule has 1 aromatic carbocycles. The summed E-state index contributed by atoms with van der Waals surface area (Å²) in [4.78, 5) is 12.2. The van der Waals surface area contributed by atoms with Gasteiger partial charge in [-0.3, -0.25) is 0 Å². The summed E-state index contributed by atoms with van der Waals surface area (Å²) >= 11 is 0. The second-order valence-electron chi connectivity index (χ2n) is 8.34. The van der Waals surface area contributed by atoms with Crippen molar-refractivity contribution in [2.45, 2.75) is 76.3 Å². The lowest BCUT2D eigenvalue weighted by Crippen LogP contribution is -2.66. The zero-order valence-electron chi connectivity index (χ0n) is 16.7. The molecule has 2 aliphatic rings. The maximum atomic E-state index is 12.2. The van der Waals surface area contributed by atoms with Crippen LogP contribution in [0.3, 0.4) is 0 Å². The van der Waals surface area contributed by atoms with E-state index in [4.69, 9.17) is 14.2 Å². The van der Waals surface area contributed by atoms with Crippen LogP contribution in [-0.2, 0) is 14.2 Å². The second kappa shape index (κ2) is 7.51. The van der Waals surface area contributed by atoms with E-state index in [0.29, 0.717) is 25.0 Å². The lowest BCUT2D eigenvalue weighted by molar-refractivity contribution is -0.327. The van der Waals surface area contributed by atoms with Crippen LogP contribution in [0.25, 0.3) is 0 Å². The van der Waals surface area contributed by atoms with E-state index < -0.39 is 16.9 Å². The Bertz CT molecular complexity index is 658. The molecule has 2 unspecified atom stereocenters. The van der Waals surface area contributed by atoms with E-state index in [1.165, 1.54) is 5.06 Å². The Morgan fingerprint density at radius 1 is 1.22 bits per heavy atom. The highest BCUT2D eigenvalue weighted by Crippen LogP contribution is 2.49. The fourth-order valence-corrected chi connectivity index (χ4v) is 4.52. The van der Waals surface area contributed by atoms with Gasteiger partial charge in [0.2, 0.25) is 0 Å². The van der Waals surface area contributed by atoms with Crippen LogP contribution < -0.4 is 0 Å². The summed E-state index contributed by atoms with van der Waals surface area (Å²) in [5.74, 6) is -1.11. The molecule has 1 N–H and O–H groups in total. The van der Waals surface area contributed by atoms with Crippen LogP contribution in [0, 0.1) is 0 Å². The van der Waals surface area contributed by atoms with Crippen molar-refractivity contribution in [1.29, 1.82) is 0 Å². The van der Waals surface area contributed by atoms with Crippen molar-refractivity contribution in [3.8, 4) is 0 Å².